The Morgan fingerprint density at radius 3 is 1.73 bits per heavy atom. The van der Waals surface area contributed by atoms with Crippen LogP contribution in [-0.4, -0.2) is 36.2 Å². The minimum atomic E-state index is -3.25. The van der Waals surface area contributed by atoms with Gasteiger partial charge in [0.05, 0.1) is 0 Å². The molecule has 2 atom stereocenters. The van der Waals surface area contributed by atoms with E-state index in [2.05, 4.69) is 10.6 Å². The molecule has 15 heavy (non-hydrogen) atoms. The summed E-state index contributed by atoms with van der Waals surface area (Å²) in [7, 11) is 0. The Morgan fingerprint density at radius 1 is 1.07 bits per heavy atom. The molecular weight excluding hydrogens is 239 g/mol. The summed E-state index contributed by atoms with van der Waals surface area (Å²) in [6.45, 7) is -2.26. The molecule has 0 bridgehead atoms. The molecule has 0 aromatic rings. The summed E-state index contributed by atoms with van der Waals surface area (Å²) in [6, 6.07) is 0. The van der Waals surface area contributed by atoms with Crippen LogP contribution >= 0.6 is 17.7 Å². The molecule has 0 aromatic heterocycles. The summed E-state index contributed by atoms with van der Waals surface area (Å²) >= 11 is 5.97. The van der Waals surface area contributed by atoms with E-state index in [-0.39, 0.29) is 11.8 Å². The Hall–Kier alpha value is -0.540. The summed E-state index contributed by atoms with van der Waals surface area (Å²) in [6.07, 6.45) is 0.923. The molecule has 0 aliphatic carbocycles. The first-order valence-corrected chi connectivity index (χ1v) is 7.63. The third-order valence-electron chi connectivity index (χ3n) is 2.89. The molecule has 2 amide bonds. The predicted molar refractivity (Wildman–Crippen MR) is 56.3 cm³/mol. The van der Waals surface area contributed by atoms with Crippen LogP contribution in [0.2, 0.25) is 0 Å². The lowest BCUT2D eigenvalue weighted by atomic mass is 10.3. The lowest BCUT2D eigenvalue weighted by Crippen LogP contribution is -2.29. The lowest BCUT2D eigenvalue weighted by Gasteiger charge is -2.19. The van der Waals surface area contributed by atoms with Gasteiger partial charge in [-0.25, -0.2) is 0 Å². The SMILES string of the molecule is O=C1NCCC1P(=O)(Cl)C1CCNC1=O. The summed E-state index contributed by atoms with van der Waals surface area (Å²) < 4.78 is 12.3. The maximum absolute atomic E-state index is 12.3. The van der Waals surface area contributed by atoms with Gasteiger partial charge < -0.3 is 15.2 Å². The molecule has 84 valence electrons. The standard InChI is InChI=1S/C8H12ClN2O3P/c9-15(14,5-1-3-10-7(5)12)6-2-4-11-8(6)13/h5-6H,1-4H2,(H,10,12)(H,11,13). The number of rotatable bonds is 2. The van der Waals surface area contributed by atoms with Gasteiger partial charge in [-0.3, -0.25) is 9.59 Å². The van der Waals surface area contributed by atoms with E-state index in [9.17, 15) is 14.2 Å². The van der Waals surface area contributed by atoms with Crippen molar-refractivity contribution < 1.29 is 14.2 Å². The van der Waals surface area contributed by atoms with E-state index in [4.69, 9.17) is 11.2 Å². The van der Waals surface area contributed by atoms with Gasteiger partial charge in [0.2, 0.25) is 11.8 Å². The molecule has 2 heterocycles. The summed E-state index contributed by atoms with van der Waals surface area (Å²) in [4.78, 5) is 22.8. The molecule has 2 fully saturated rings. The number of hydrogen-bond donors (Lipinski definition) is 2. The molecule has 2 unspecified atom stereocenters. The van der Waals surface area contributed by atoms with Crippen molar-refractivity contribution in [3.63, 3.8) is 0 Å². The lowest BCUT2D eigenvalue weighted by molar-refractivity contribution is -0.118. The number of hydrogen-bond acceptors (Lipinski definition) is 3. The highest BCUT2D eigenvalue weighted by atomic mass is 35.7. The number of halogens is 1. The molecule has 0 radical (unpaired) electrons. The van der Waals surface area contributed by atoms with Crippen LogP contribution < -0.4 is 10.6 Å². The molecule has 0 saturated carbocycles. The summed E-state index contributed by atoms with van der Waals surface area (Å²) in [5, 5.41) is 5.17. The van der Waals surface area contributed by atoms with E-state index in [0.717, 1.165) is 0 Å². The molecule has 7 heteroatoms. The van der Waals surface area contributed by atoms with Crippen LogP contribution in [0.4, 0.5) is 0 Å². The molecule has 0 spiro atoms. The van der Waals surface area contributed by atoms with Crippen molar-refractivity contribution in [1.82, 2.24) is 10.6 Å². The van der Waals surface area contributed by atoms with Crippen molar-refractivity contribution in [3.05, 3.63) is 0 Å². The van der Waals surface area contributed by atoms with Gasteiger partial charge in [-0.15, -0.1) is 0 Å². The topological polar surface area (TPSA) is 75.3 Å². The van der Waals surface area contributed by atoms with Crippen molar-refractivity contribution in [3.8, 4) is 0 Å². The highest BCUT2D eigenvalue weighted by Gasteiger charge is 2.49. The molecule has 2 aliphatic heterocycles. The minimum Gasteiger partial charge on any atom is -0.355 e. The Labute approximate surface area is 92.1 Å². The van der Waals surface area contributed by atoms with Crippen LogP contribution in [0.15, 0.2) is 0 Å². The average molecular weight is 251 g/mol. The van der Waals surface area contributed by atoms with Gasteiger partial charge in [-0.05, 0) is 12.8 Å². The van der Waals surface area contributed by atoms with Gasteiger partial charge in [0.1, 0.15) is 11.3 Å². The van der Waals surface area contributed by atoms with E-state index < -0.39 is 17.8 Å². The normalized spacial score (nSPS) is 34.7. The molecule has 2 rings (SSSR count). The van der Waals surface area contributed by atoms with E-state index in [1.54, 1.807) is 0 Å². The van der Waals surface area contributed by atoms with Gasteiger partial charge in [0.15, 0.2) is 6.49 Å². The van der Waals surface area contributed by atoms with Crippen LogP contribution in [0.3, 0.4) is 0 Å². The summed E-state index contributed by atoms with van der Waals surface area (Å²) in [5.74, 6) is -0.568. The number of amides is 2. The highest BCUT2D eigenvalue weighted by Crippen LogP contribution is 2.63. The van der Waals surface area contributed by atoms with Crippen LogP contribution in [0, 0.1) is 0 Å². The second-order valence-electron chi connectivity index (χ2n) is 3.82. The zero-order valence-electron chi connectivity index (χ0n) is 8.03. The first-order valence-electron chi connectivity index (χ1n) is 4.88. The second kappa shape index (κ2) is 3.80. The Kier molecular flexibility index (Phi) is 2.77. The fraction of sp³-hybridized carbons (Fsp3) is 0.750. The predicted octanol–water partition coefficient (Wildman–Crippen LogP) is 0.280. The van der Waals surface area contributed by atoms with Gasteiger partial charge in [-0.2, -0.15) is 0 Å². The number of carbonyl (C=O) groups is 2. The highest BCUT2D eigenvalue weighted by molar-refractivity contribution is 7.91. The average Bonchev–Trinajstić information content (AvgIpc) is 2.73. The molecule has 2 N–H and O–H groups in total. The molecule has 2 aliphatic rings. The molecule has 0 aromatic carbocycles. The third kappa shape index (κ3) is 1.79. The monoisotopic (exact) mass is 250 g/mol. The van der Waals surface area contributed by atoms with E-state index in [1.807, 2.05) is 0 Å². The Morgan fingerprint density at radius 2 is 1.47 bits per heavy atom. The third-order valence-corrected chi connectivity index (χ3v) is 6.99. The van der Waals surface area contributed by atoms with Crippen LogP contribution in [0.1, 0.15) is 12.8 Å². The van der Waals surface area contributed by atoms with E-state index >= 15 is 0 Å². The maximum Gasteiger partial charge on any atom is 0.231 e. The largest absolute Gasteiger partial charge is 0.355 e. The Bertz CT molecular complexity index is 330. The van der Waals surface area contributed by atoms with Crippen LogP contribution in [0.25, 0.3) is 0 Å². The van der Waals surface area contributed by atoms with Crippen molar-refractivity contribution in [1.29, 1.82) is 0 Å². The van der Waals surface area contributed by atoms with Crippen molar-refractivity contribution in [2.24, 2.45) is 0 Å². The van der Waals surface area contributed by atoms with E-state index in [0.29, 0.717) is 25.9 Å². The molecule has 5 nitrogen and oxygen atoms in total. The van der Waals surface area contributed by atoms with Crippen molar-refractivity contribution in [2.75, 3.05) is 13.1 Å². The summed E-state index contributed by atoms with van der Waals surface area (Å²) in [5.41, 5.74) is -1.37. The van der Waals surface area contributed by atoms with E-state index in [1.165, 1.54) is 0 Å². The quantitative estimate of drug-likeness (QED) is 0.692. The fourth-order valence-electron chi connectivity index (χ4n) is 2.05. The van der Waals surface area contributed by atoms with Crippen LogP contribution in [-0.2, 0) is 14.2 Å². The number of carbonyl (C=O) groups excluding carboxylic acids is 2. The van der Waals surface area contributed by atoms with Crippen molar-refractivity contribution >= 4 is 29.5 Å². The molecular formula is C8H12ClN2O3P. The van der Waals surface area contributed by atoms with Gasteiger partial charge in [-0.1, -0.05) is 11.2 Å². The second-order valence-corrected chi connectivity index (χ2v) is 7.90. The van der Waals surface area contributed by atoms with Gasteiger partial charge in [0.25, 0.3) is 0 Å². The van der Waals surface area contributed by atoms with Crippen LogP contribution in [0.5, 0.6) is 0 Å². The molecule has 2 saturated heterocycles. The van der Waals surface area contributed by atoms with Gasteiger partial charge in [0, 0.05) is 13.1 Å². The smallest absolute Gasteiger partial charge is 0.231 e. The first kappa shape index (κ1) is 11.0. The van der Waals surface area contributed by atoms with Gasteiger partial charge >= 0.3 is 0 Å². The maximum atomic E-state index is 12.3. The zero-order chi connectivity index (χ0) is 11.1. The first-order chi connectivity index (χ1) is 7.03. The fourth-order valence-corrected chi connectivity index (χ4v) is 5.39. The van der Waals surface area contributed by atoms with Crippen molar-refractivity contribution in [2.45, 2.75) is 24.2 Å². The zero-order valence-corrected chi connectivity index (χ0v) is 9.68. The number of nitrogens with one attached hydrogen (secondary N) is 2. The minimum absolute atomic E-state index is 0.284. The Balaban J connectivity index is 2.22.